The first kappa shape index (κ1) is 8.33. The van der Waals surface area contributed by atoms with Crippen LogP contribution in [0.5, 0.6) is 0 Å². The quantitative estimate of drug-likeness (QED) is 0.572. The predicted molar refractivity (Wildman–Crippen MR) is 42.2 cm³/mol. The van der Waals surface area contributed by atoms with Gasteiger partial charge in [-0.25, -0.2) is 0 Å². The highest BCUT2D eigenvalue weighted by molar-refractivity contribution is 9.08. The largest absolute Gasteiger partial charge is 0.462 e. The van der Waals surface area contributed by atoms with Gasteiger partial charge < -0.3 is 9.15 Å². The van der Waals surface area contributed by atoms with Crippen molar-refractivity contribution in [2.45, 2.75) is 11.9 Å². The van der Waals surface area contributed by atoms with E-state index in [1.54, 1.807) is 6.07 Å². The van der Waals surface area contributed by atoms with Gasteiger partial charge in [0.2, 0.25) is 0 Å². The number of alkyl halides is 1. The summed E-state index contributed by atoms with van der Waals surface area (Å²) >= 11 is 3.23. The lowest BCUT2D eigenvalue weighted by molar-refractivity contribution is -0.130. The fourth-order valence-corrected chi connectivity index (χ4v) is 0.989. The molecule has 3 nitrogen and oxygen atoms in total. The predicted octanol–water partition coefficient (Wildman–Crippen LogP) is 1.85. The molecule has 1 aromatic heterocycles. The molecule has 0 saturated heterocycles. The van der Waals surface area contributed by atoms with Crippen LogP contribution in [0, 0.1) is 0 Å². The first-order chi connectivity index (χ1) is 5.36. The molecule has 1 rings (SSSR count). The van der Waals surface area contributed by atoms with Crippen LogP contribution in [0.15, 0.2) is 16.5 Å². The third-order valence-corrected chi connectivity index (χ3v) is 1.70. The van der Waals surface area contributed by atoms with Crippen LogP contribution in [0.3, 0.4) is 0 Å². The van der Waals surface area contributed by atoms with Crippen molar-refractivity contribution in [3.05, 3.63) is 23.7 Å². The van der Waals surface area contributed by atoms with Gasteiger partial charge in [0.25, 0.3) is 6.47 Å². The summed E-state index contributed by atoms with van der Waals surface area (Å²) in [7, 11) is 0. The van der Waals surface area contributed by atoms with Gasteiger partial charge in [0.1, 0.15) is 18.1 Å². The van der Waals surface area contributed by atoms with E-state index in [4.69, 9.17) is 4.42 Å². The van der Waals surface area contributed by atoms with E-state index in [2.05, 4.69) is 20.7 Å². The molecule has 0 aromatic carbocycles. The van der Waals surface area contributed by atoms with Crippen LogP contribution in [0.4, 0.5) is 0 Å². The second kappa shape index (κ2) is 4.18. The number of halogens is 1. The van der Waals surface area contributed by atoms with Gasteiger partial charge in [-0.2, -0.15) is 0 Å². The topological polar surface area (TPSA) is 39.4 Å². The minimum absolute atomic E-state index is 0.205. The first-order valence-corrected chi connectivity index (χ1v) is 4.17. The van der Waals surface area contributed by atoms with E-state index in [0.29, 0.717) is 17.6 Å². The molecule has 0 unspecified atom stereocenters. The summed E-state index contributed by atoms with van der Waals surface area (Å²) in [6.07, 6.45) is 0. The van der Waals surface area contributed by atoms with Crippen LogP contribution in [-0.2, 0) is 21.5 Å². The van der Waals surface area contributed by atoms with E-state index in [1.807, 2.05) is 6.07 Å². The number of ether oxygens (including phenoxy) is 1. The maximum absolute atomic E-state index is 9.78. The molecule has 0 fully saturated rings. The highest BCUT2D eigenvalue weighted by Gasteiger charge is 1.99. The Balaban J connectivity index is 2.50. The molecular formula is C7H7BrO3. The minimum Gasteiger partial charge on any atom is -0.462 e. The number of rotatable bonds is 4. The van der Waals surface area contributed by atoms with Crippen molar-refractivity contribution in [1.82, 2.24) is 0 Å². The summed E-state index contributed by atoms with van der Waals surface area (Å²) in [4.78, 5) is 9.78. The standard InChI is InChI=1S/C7H7BrO3/c8-3-6-1-2-7(11-6)4-10-5-9/h1-2,5H,3-4H2. The lowest BCUT2D eigenvalue weighted by atomic mass is 10.4. The van der Waals surface area contributed by atoms with Crippen molar-refractivity contribution in [3.63, 3.8) is 0 Å². The molecule has 0 atom stereocenters. The molecule has 1 heterocycles. The fourth-order valence-electron chi connectivity index (χ4n) is 0.688. The summed E-state index contributed by atoms with van der Waals surface area (Å²) in [5.74, 6) is 1.49. The summed E-state index contributed by atoms with van der Waals surface area (Å²) in [5, 5.41) is 0.675. The van der Waals surface area contributed by atoms with E-state index in [-0.39, 0.29) is 6.61 Å². The van der Waals surface area contributed by atoms with Crippen molar-refractivity contribution in [3.8, 4) is 0 Å². The summed E-state index contributed by atoms with van der Waals surface area (Å²) in [6.45, 7) is 0.604. The molecule has 0 aliphatic heterocycles. The fraction of sp³-hybridized carbons (Fsp3) is 0.286. The summed E-state index contributed by atoms with van der Waals surface area (Å²) in [6, 6.07) is 3.61. The van der Waals surface area contributed by atoms with Gasteiger partial charge in [0, 0.05) is 0 Å². The number of hydrogen-bond acceptors (Lipinski definition) is 3. The summed E-state index contributed by atoms with van der Waals surface area (Å²) in [5.41, 5.74) is 0. The molecule has 0 radical (unpaired) electrons. The minimum atomic E-state index is 0.205. The molecule has 0 aliphatic rings. The van der Waals surface area contributed by atoms with E-state index in [9.17, 15) is 4.79 Å². The van der Waals surface area contributed by atoms with Crippen molar-refractivity contribution in [2.75, 3.05) is 0 Å². The Labute approximate surface area is 72.5 Å². The Morgan fingerprint density at radius 3 is 2.82 bits per heavy atom. The van der Waals surface area contributed by atoms with Crippen molar-refractivity contribution < 1.29 is 13.9 Å². The molecule has 0 N–H and O–H groups in total. The van der Waals surface area contributed by atoms with Crippen LogP contribution in [0.2, 0.25) is 0 Å². The number of hydrogen-bond donors (Lipinski definition) is 0. The van der Waals surface area contributed by atoms with Crippen molar-refractivity contribution in [1.29, 1.82) is 0 Å². The third kappa shape index (κ3) is 2.38. The number of carbonyl (C=O) groups excluding carboxylic acids is 1. The summed E-state index contributed by atoms with van der Waals surface area (Å²) < 4.78 is 9.69. The molecule has 0 saturated carbocycles. The van der Waals surface area contributed by atoms with Crippen LogP contribution >= 0.6 is 15.9 Å². The van der Waals surface area contributed by atoms with Gasteiger partial charge in [-0.1, -0.05) is 15.9 Å². The number of furan rings is 1. The van der Waals surface area contributed by atoms with Gasteiger partial charge in [0.15, 0.2) is 0 Å². The van der Waals surface area contributed by atoms with Crippen LogP contribution in [0.25, 0.3) is 0 Å². The highest BCUT2D eigenvalue weighted by Crippen LogP contribution is 2.11. The Bertz CT molecular complexity index is 231. The van der Waals surface area contributed by atoms with Crippen LogP contribution in [-0.4, -0.2) is 6.47 Å². The number of carbonyl (C=O) groups is 1. The van der Waals surface area contributed by atoms with Crippen LogP contribution < -0.4 is 0 Å². The maximum atomic E-state index is 9.78. The van der Waals surface area contributed by atoms with Gasteiger partial charge >= 0.3 is 0 Å². The molecule has 0 aliphatic carbocycles. The molecule has 11 heavy (non-hydrogen) atoms. The third-order valence-electron chi connectivity index (χ3n) is 1.14. The Kier molecular flexibility index (Phi) is 3.16. The van der Waals surface area contributed by atoms with Gasteiger partial charge in [-0.05, 0) is 12.1 Å². The van der Waals surface area contributed by atoms with E-state index >= 15 is 0 Å². The SMILES string of the molecule is O=COCc1ccc(CBr)o1. The molecule has 0 spiro atoms. The van der Waals surface area contributed by atoms with Crippen molar-refractivity contribution >= 4 is 22.4 Å². The molecule has 0 bridgehead atoms. The zero-order chi connectivity index (χ0) is 8.10. The molecule has 60 valence electrons. The van der Waals surface area contributed by atoms with Crippen LogP contribution in [0.1, 0.15) is 11.5 Å². The lowest BCUT2D eigenvalue weighted by Crippen LogP contribution is -1.86. The lowest BCUT2D eigenvalue weighted by Gasteiger charge is -1.92. The zero-order valence-corrected chi connectivity index (χ0v) is 7.33. The second-order valence-electron chi connectivity index (χ2n) is 1.91. The molecule has 0 amide bonds. The highest BCUT2D eigenvalue weighted by atomic mass is 79.9. The molecule has 4 heteroatoms. The average Bonchev–Trinajstić information content (AvgIpc) is 2.48. The first-order valence-electron chi connectivity index (χ1n) is 3.05. The average molecular weight is 219 g/mol. The molecular weight excluding hydrogens is 212 g/mol. The Morgan fingerprint density at radius 1 is 1.55 bits per heavy atom. The van der Waals surface area contributed by atoms with Gasteiger partial charge in [-0.15, -0.1) is 0 Å². The van der Waals surface area contributed by atoms with Gasteiger partial charge in [0.05, 0.1) is 5.33 Å². The Hall–Kier alpha value is -0.770. The zero-order valence-electron chi connectivity index (χ0n) is 5.75. The van der Waals surface area contributed by atoms with E-state index in [0.717, 1.165) is 5.76 Å². The smallest absolute Gasteiger partial charge is 0.293 e. The van der Waals surface area contributed by atoms with E-state index < -0.39 is 0 Å². The van der Waals surface area contributed by atoms with Gasteiger partial charge in [-0.3, -0.25) is 4.79 Å². The molecule has 1 aromatic rings. The monoisotopic (exact) mass is 218 g/mol. The van der Waals surface area contributed by atoms with E-state index in [1.165, 1.54) is 0 Å². The second-order valence-corrected chi connectivity index (χ2v) is 2.47. The Morgan fingerprint density at radius 2 is 2.27 bits per heavy atom. The normalized spacial score (nSPS) is 9.55. The maximum Gasteiger partial charge on any atom is 0.293 e. The van der Waals surface area contributed by atoms with Crippen molar-refractivity contribution in [2.24, 2.45) is 0 Å².